The maximum absolute atomic E-state index is 3.94. The molecule has 1 heterocycles. The van der Waals surface area contributed by atoms with Crippen LogP contribution in [0.3, 0.4) is 0 Å². The van der Waals surface area contributed by atoms with Gasteiger partial charge in [-0.15, -0.1) is 0 Å². The second kappa shape index (κ2) is 17.7. The van der Waals surface area contributed by atoms with Gasteiger partial charge in [0, 0.05) is 78.5 Å². The van der Waals surface area contributed by atoms with Crippen molar-refractivity contribution in [3.63, 3.8) is 0 Å². The Hall–Kier alpha value is -4.06. The quantitative estimate of drug-likeness (QED) is 0.167. The molecule has 0 radical (unpaired) electrons. The van der Waals surface area contributed by atoms with Gasteiger partial charge in [-0.1, -0.05) is 141 Å². The molecule has 0 atom stereocenters. The third kappa shape index (κ3) is 11.0. The van der Waals surface area contributed by atoms with E-state index in [1.54, 1.807) is 0 Å². The van der Waals surface area contributed by atoms with Crippen molar-refractivity contribution in [3.05, 3.63) is 161 Å². The Morgan fingerprint density at radius 3 is 0.809 bits per heavy atom. The molecule has 0 bridgehead atoms. The van der Waals surface area contributed by atoms with Crippen LogP contribution in [-0.2, 0) is 26.2 Å². The number of hydrogen-bond acceptors (Lipinski definition) is 4. The molecule has 1 fully saturated rings. The second-order valence-corrected chi connectivity index (χ2v) is 12.9. The second-order valence-electron chi connectivity index (χ2n) is 12.9. The van der Waals surface area contributed by atoms with Gasteiger partial charge in [-0.05, 0) is 45.9 Å². The van der Waals surface area contributed by atoms with E-state index in [-0.39, 0.29) is 0 Å². The molecule has 4 aromatic rings. The van der Waals surface area contributed by atoms with Crippen LogP contribution in [0, 0.1) is 6.92 Å². The molecule has 244 valence electrons. The minimum Gasteiger partial charge on any atom is -0.297 e. The van der Waals surface area contributed by atoms with Crippen LogP contribution in [0.1, 0.15) is 44.5 Å². The number of aryl methyl sites for hydroxylation is 1. The SMILES string of the molecule is C=Cc1ccc(CN2CCN(Cc3ccc(C)cc3)CCN(Cc3ccc(C=C)cc3)CCN(Cc3ccc(C=C)cc3)CC2)cc1. The first-order chi connectivity index (χ1) is 23.0. The molecule has 0 aromatic heterocycles. The van der Waals surface area contributed by atoms with Crippen LogP contribution in [0.15, 0.2) is 117 Å². The third-order valence-electron chi connectivity index (χ3n) is 9.32. The lowest BCUT2D eigenvalue weighted by atomic mass is 10.1. The molecule has 4 heteroatoms. The maximum Gasteiger partial charge on any atom is 0.0234 e. The largest absolute Gasteiger partial charge is 0.297 e. The van der Waals surface area contributed by atoms with Gasteiger partial charge in [-0.3, -0.25) is 19.6 Å². The Kier molecular flexibility index (Phi) is 12.9. The first-order valence-corrected chi connectivity index (χ1v) is 17.1. The van der Waals surface area contributed by atoms with E-state index in [4.69, 9.17) is 0 Å². The van der Waals surface area contributed by atoms with Gasteiger partial charge in [0.15, 0.2) is 0 Å². The zero-order valence-electron chi connectivity index (χ0n) is 28.4. The fraction of sp³-hybridized carbons (Fsp3) is 0.302. The van der Waals surface area contributed by atoms with Gasteiger partial charge in [-0.25, -0.2) is 0 Å². The van der Waals surface area contributed by atoms with Crippen molar-refractivity contribution < 1.29 is 0 Å². The van der Waals surface area contributed by atoms with Crippen LogP contribution >= 0.6 is 0 Å². The van der Waals surface area contributed by atoms with E-state index in [0.717, 1.165) is 78.5 Å². The van der Waals surface area contributed by atoms with Gasteiger partial charge in [0.1, 0.15) is 0 Å². The highest BCUT2D eigenvalue weighted by molar-refractivity contribution is 5.48. The summed E-state index contributed by atoms with van der Waals surface area (Å²) in [6.45, 7) is 26.0. The first kappa shape index (κ1) is 34.3. The molecule has 0 aliphatic carbocycles. The monoisotopic (exact) mass is 624 g/mol. The minimum atomic E-state index is 0.945. The number of benzene rings is 4. The first-order valence-electron chi connectivity index (χ1n) is 17.1. The highest BCUT2D eigenvalue weighted by atomic mass is 15.3. The van der Waals surface area contributed by atoms with E-state index in [2.05, 4.69) is 143 Å². The molecular weight excluding hydrogens is 573 g/mol. The molecule has 47 heavy (non-hydrogen) atoms. The summed E-state index contributed by atoms with van der Waals surface area (Å²) in [6.07, 6.45) is 5.76. The van der Waals surface area contributed by atoms with Crippen LogP contribution in [0.2, 0.25) is 0 Å². The summed E-state index contributed by atoms with van der Waals surface area (Å²) < 4.78 is 0. The Morgan fingerprint density at radius 1 is 0.383 bits per heavy atom. The maximum atomic E-state index is 3.94. The molecule has 4 nitrogen and oxygen atoms in total. The average molecular weight is 625 g/mol. The Morgan fingerprint density at radius 2 is 0.596 bits per heavy atom. The van der Waals surface area contributed by atoms with Gasteiger partial charge >= 0.3 is 0 Å². The van der Waals surface area contributed by atoms with E-state index in [1.165, 1.54) is 44.5 Å². The van der Waals surface area contributed by atoms with Crippen LogP contribution in [0.5, 0.6) is 0 Å². The fourth-order valence-corrected chi connectivity index (χ4v) is 6.21. The lowest BCUT2D eigenvalue weighted by Crippen LogP contribution is -2.45. The Labute approximate surface area is 284 Å². The Balaban J connectivity index is 1.37. The zero-order valence-corrected chi connectivity index (χ0v) is 28.4. The van der Waals surface area contributed by atoms with Crippen molar-refractivity contribution in [2.45, 2.75) is 33.1 Å². The van der Waals surface area contributed by atoms with E-state index in [1.807, 2.05) is 18.2 Å². The molecule has 0 unspecified atom stereocenters. The minimum absolute atomic E-state index is 0.945. The summed E-state index contributed by atoms with van der Waals surface area (Å²) in [6, 6.07) is 35.7. The summed E-state index contributed by atoms with van der Waals surface area (Å²) in [7, 11) is 0. The van der Waals surface area contributed by atoms with Gasteiger partial charge in [0.05, 0.1) is 0 Å². The normalized spacial score (nSPS) is 16.2. The zero-order chi connectivity index (χ0) is 32.8. The van der Waals surface area contributed by atoms with Crippen molar-refractivity contribution in [2.24, 2.45) is 0 Å². The fourth-order valence-electron chi connectivity index (χ4n) is 6.21. The standard InChI is InChI=1S/C43H52N4/c1-5-37-12-18-41(19-13-37)33-45-26-24-44(32-40-10-8-36(4)9-11-40)25-27-46(34-42-20-14-38(6-2)15-21-42)29-31-47(30-28-45)35-43-22-16-39(7-3)17-23-43/h5-23H,1-3,24-35H2,4H3. The van der Waals surface area contributed by atoms with Crippen molar-refractivity contribution in [1.82, 2.24) is 19.6 Å². The molecule has 1 aliphatic heterocycles. The van der Waals surface area contributed by atoms with Crippen LogP contribution in [0.4, 0.5) is 0 Å². The molecular formula is C43H52N4. The van der Waals surface area contributed by atoms with Gasteiger partial charge < -0.3 is 0 Å². The average Bonchev–Trinajstić information content (AvgIpc) is 3.11. The molecule has 1 aliphatic rings. The van der Waals surface area contributed by atoms with Crippen molar-refractivity contribution in [2.75, 3.05) is 52.4 Å². The van der Waals surface area contributed by atoms with Crippen LogP contribution in [-0.4, -0.2) is 72.0 Å². The number of rotatable bonds is 11. The van der Waals surface area contributed by atoms with Gasteiger partial charge in [0.2, 0.25) is 0 Å². The molecule has 0 saturated carbocycles. The van der Waals surface area contributed by atoms with Crippen LogP contribution < -0.4 is 0 Å². The lowest BCUT2D eigenvalue weighted by Gasteiger charge is -2.34. The molecule has 1 saturated heterocycles. The lowest BCUT2D eigenvalue weighted by molar-refractivity contribution is 0.122. The third-order valence-corrected chi connectivity index (χ3v) is 9.32. The summed E-state index contributed by atoms with van der Waals surface area (Å²) in [5.74, 6) is 0. The number of hydrogen-bond donors (Lipinski definition) is 0. The van der Waals surface area contributed by atoms with E-state index < -0.39 is 0 Å². The van der Waals surface area contributed by atoms with E-state index in [9.17, 15) is 0 Å². The summed E-state index contributed by atoms with van der Waals surface area (Å²) >= 11 is 0. The Bertz CT molecular complexity index is 1470. The molecule has 4 aromatic carbocycles. The van der Waals surface area contributed by atoms with Gasteiger partial charge in [0.25, 0.3) is 0 Å². The highest BCUT2D eigenvalue weighted by Gasteiger charge is 2.18. The topological polar surface area (TPSA) is 13.0 Å². The van der Waals surface area contributed by atoms with Crippen molar-refractivity contribution in [3.8, 4) is 0 Å². The number of nitrogens with zero attached hydrogens (tertiary/aromatic N) is 4. The predicted octanol–water partition coefficient (Wildman–Crippen LogP) is 8.25. The highest BCUT2D eigenvalue weighted by Crippen LogP contribution is 2.15. The van der Waals surface area contributed by atoms with Crippen molar-refractivity contribution in [1.29, 1.82) is 0 Å². The summed E-state index contributed by atoms with van der Waals surface area (Å²) in [5.41, 5.74) is 10.3. The van der Waals surface area contributed by atoms with Crippen LogP contribution in [0.25, 0.3) is 18.2 Å². The molecule has 0 amide bonds. The van der Waals surface area contributed by atoms with Gasteiger partial charge in [-0.2, -0.15) is 0 Å². The van der Waals surface area contributed by atoms with E-state index >= 15 is 0 Å². The summed E-state index contributed by atoms with van der Waals surface area (Å²) in [5, 5.41) is 0. The molecule has 0 N–H and O–H groups in total. The predicted molar refractivity (Wildman–Crippen MR) is 202 cm³/mol. The molecule has 5 rings (SSSR count). The summed E-state index contributed by atoms with van der Waals surface area (Å²) in [4.78, 5) is 10.6. The smallest absolute Gasteiger partial charge is 0.0234 e. The van der Waals surface area contributed by atoms with Crippen molar-refractivity contribution >= 4 is 18.2 Å². The van der Waals surface area contributed by atoms with E-state index in [0.29, 0.717) is 0 Å². The molecule has 0 spiro atoms.